The normalized spacial score (nSPS) is 21.8. The maximum atomic E-state index is 12.6. The van der Waals surface area contributed by atoms with Crippen LogP contribution in [-0.2, 0) is 16.4 Å². The summed E-state index contributed by atoms with van der Waals surface area (Å²) in [5.41, 5.74) is 1.76. The van der Waals surface area contributed by atoms with Gasteiger partial charge in [-0.1, -0.05) is 0 Å². The highest BCUT2D eigenvalue weighted by Gasteiger charge is 2.26. The average molecular weight is 338 g/mol. The molecule has 1 amide bonds. The van der Waals surface area contributed by atoms with Crippen LogP contribution in [0.25, 0.3) is 0 Å². The van der Waals surface area contributed by atoms with Crippen LogP contribution in [0.5, 0.6) is 5.75 Å². The van der Waals surface area contributed by atoms with E-state index in [4.69, 9.17) is 4.74 Å². The number of carbonyl (C=O) groups excluding carboxylic acids is 1. The van der Waals surface area contributed by atoms with Crippen LogP contribution < -0.4 is 9.46 Å². The predicted octanol–water partition coefficient (Wildman–Crippen LogP) is 1.16. The van der Waals surface area contributed by atoms with Crippen molar-refractivity contribution < 1.29 is 17.9 Å². The first-order chi connectivity index (χ1) is 10.8. The number of nitrogens with one attached hydrogen (secondary N) is 1. The number of nitrogens with zero attached hydrogens (tertiary/aromatic N) is 1. The number of hydrogen-bond acceptors (Lipinski definition) is 4. The molecule has 0 bridgehead atoms. The van der Waals surface area contributed by atoms with E-state index in [1.807, 2.05) is 19.1 Å². The van der Waals surface area contributed by atoms with E-state index in [1.54, 1.807) is 11.0 Å². The fourth-order valence-electron chi connectivity index (χ4n) is 3.24. The van der Waals surface area contributed by atoms with Crippen LogP contribution in [0.3, 0.4) is 0 Å². The van der Waals surface area contributed by atoms with Gasteiger partial charge in [0.2, 0.25) is 10.0 Å². The molecule has 1 saturated heterocycles. The summed E-state index contributed by atoms with van der Waals surface area (Å²) in [5, 5.41) is 0. The quantitative estimate of drug-likeness (QED) is 0.897. The molecule has 1 aromatic rings. The fourth-order valence-corrected chi connectivity index (χ4v) is 4.08. The summed E-state index contributed by atoms with van der Waals surface area (Å²) >= 11 is 0. The molecule has 3 rings (SSSR count). The largest absolute Gasteiger partial charge is 0.490 e. The minimum atomic E-state index is -3.19. The highest BCUT2D eigenvalue weighted by Crippen LogP contribution is 2.30. The molecule has 0 aromatic heterocycles. The second kappa shape index (κ2) is 6.13. The zero-order valence-electron chi connectivity index (χ0n) is 13.4. The molecule has 2 heterocycles. The minimum Gasteiger partial charge on any atom is -0.490 e. The summed E-state index contributed by atoms with van der Waals surface area (Å²) in [6, 6.07) is 5.51. The molecule has 1 atom stereocenters. The Balaban J connectivity index is 1.63. The number of piperidine rings is 1. The van der Waals surface area contributed by atoms with Gasteiger partial charge in [0.25, 0.3) is 5.91 Å². The van der Waals surface area contributed by atoms with Crippen molar-refractivity contribution >= 4 is 15.9 Å². The molecular weight excluding hydrogens is 316 g/mol. The van der Waals surface area contributed by atoms with Crippen LogP contribution in [-0.4, -0.2) is 50.7 Å². The van der Waals surface area contributed by atoms with Crippen molar-refractivity contribution in [1.29, 1.82) is 0 Å². The summed E-state index contributed by atoms with van der Waals surface area (Å²) in [6.45, 7) is 3.15. The van der Waals surface area contributed by atoms with Crippen molar-refractivity contribution in [2.24, 2.45) is 0 Å². The monoisotopic (exact) mass is 338 g/mol. The lowest BCUT2D eigenvalue weighted by Gasteiger charge is -2.32. The summed E-state index contributed by atoms with van der Waals surface area (Å²) in [5.74, 6) is 0.871. The minimum absolute atomic E-state index is 0.00478. The second-order valence-corrected chi connectivity index (χ2v) is 8.19. The Hall–Kier alpha value is -1.60. The molecule has 0 spiro atoms. The van der Waals surface area contributed by atoms with Gasteiger partial charge in [0.05, 0.1) is 6.26 Å². The van der Waals surface area contributed by atoms with Gasteiger partial charge in [-0.15, -0.1) is 0 Å². The number of likely N-dealkylation sites (tertiary alicyclic amines) is 1. The van der Waals surface area contributed by atoms with E-state index in [-0.39, 0.29) is 18.1 Å². The van der Waals surface area contributed by atoms with Crippen molar-refractivity contribution in [2.45, 2.75) is 38.3 Å². The Morgan fingerprint density at radius 3 is 2.65 bits per heavy atom. The number of amides is 1. The molecule has 0 aliphatic carbocycles. The Bertz CT molecular complexity index is 709. The molecule has 0 saturated carbocycles. The van der Waals surface area contributed by atoms with E-state index in [0.717, 1.165) is 24.0 Å². The standard InChI is InChI=1S/C16H22N2O4S/c1-11-9-13-10-12(3-4-15(13)22-11)16(19)18-7-5-14(6-8-18)17-23(2,20)21/h3-4,10-11,14,17H,5-9H2,1-2H3/t11-/m1/s1. The average Bonchev–Trinajstić information content (AvgIpc) is 2.84. The smallest absolute Gasteiger partial charge is 0.253 e. The van der Waals surface area contributed by atoms with E-state index in [1.165, 1.54) is 0 Å². The van der Waals surface area contributed by atoms with E-state index >= 15 is 0 Å². The number of fused-ring (bicyclic) bond motifs is 1. The van der Waals surface area contributed by atoms with Crippen LogP contribution in [0.4, 0.5) is 0 Å². The molecule has 6 nitrogen and oxygen atoms in total. The number of sulfonamides is 1. The Kier molecular flexibility index (Phi) is 4.33. The fraction of sp³-hybridized carbons (Fsp3) is 0.562. The molecule has 0 unspecified atom stereocenters. The summed E-state index contributed by atoms with van der Waals surface area (Å²) in [6.07, 6.45) is 3.44. The van der Waals surface area contributed by atoms with Gasteiger partial charge in [-0.2, -0.15) is 0 Å². The van der Waals surface area contributed by atoms with Crippen molar-refractivity contribution in [1.82, 2.24) is 9.62 Å². The van der Waals surface area contributed by atoms with Crippen LogP contribution in [0.1, 0.15) is 35.7 Å². The molecule has 1 aromatic carbocycles. The van der Waals surface area contributed by atoms with Gasteiger partial charge in [0.15, 0.2) is 0 Å². The first kappa shape index (κ1) is 16.3. The van der Waals surface area contributed by atoms with Crippen LogP contribution in [0, 0.1) is 0 Å². The van der Waals surface area contributed by atoms with Crippen molar-refractivity contribution in [3.05, 3.63) is 29.3 Å². The van der Waals surface area contributed by atoms with Gasteiger partial charge < -0.3 is 9.64 Å². The second-order valence-electron chi connectivity index (χ2n) is 6.41. The molecule has 126 valence electrons. The number of carbonyl (C=O) groups is 1. The Morgan fingerprint density at radius 1 is 1.30 bits per heavy atom. The maximum absolute atomic E-state index is 12.6. The lowest BCUT2D eigenvalue weighted by Crippen LogP contribution is -2.46. The third-order valence-corrected chi connectivity index (χ3v) is 5.07. The summed E-state index contributed by atoms with van der Waals surface area (Å²) in [7, 11) is -3.19. The molecular formula is C16H22N2O4S. The van der Waals surface area contributed by atoms with E-state index in [0.29, 0.717) is 31.5 Å². The van der Waals surface area contributed by atoms with E-state index in [2.05, 4.69) is 4.72 Å². The van der Waals surface area contributed by atoms with Crippen molar-refractivity contribution in [3.63, 3.8) is 0 Å². The highest BCUT2D eigenvalue weighted by molar-refractivity contribution is 7.88. The SMILES string of the molecule is C[C@@H]1Cc2cc(C(=O)N3CCC(NS(C)(=O)=O)CC3)ccc2O1. The molecule has 7 heteroatoms. The van der Waals surface area contributed by atoms with Gasteiger partial charge in [-0.25, -0.2) is 13.1 Å². The zero-order valence-corrected chi connectivity index (χ0v) is 14.2. The first-order valence-electron chi connectivity index (χ1n) is 7.88. The van der Waals surface area contributed by atoms with Crippen LogP contribution in [0.2, 0.25) is 0 Å². The van der Waals surface area contributed by atoms with Crippen LogP contribution >= 0.6 is 0 Å². The van der Waals surface area contributed by atoms with E-state index < -0.39 is 10.0 Å². The number of hydrogen-bond donors (Lipinski definition) is 1. The molecule has 1 N–H and O–H groups in total. The highest BCUT2D eigenvalue weighted by atomic mass is 32.2. The lowest BCUT2D eigenvalue weighted by molar-refractivity contribution is 0.0711. The third-order valence-electron chi connectivity index (χ3n) is 4.31. The number of benzene rings is 1. The summed E-state index contributed by atoms with van der Waals surface area (Å²) in [4.78, 5) is 14.4. The van der Waals surface area contributed by atoms with Gasteiger partial charge in [0.1, 0.15) is 11.9 Å². The maximum Gasteiger partial charge on any atom is 0.253 e. The molecule has 1 fully saturated rings. The molecule has 2 aliphatic rings. The Morgan fingerprint density at radius 2 is 2.00 bits per heavy atom. The molecule has 0 radical (unpaired) electrons. The first-order valence-corrected chi connectivity index (χ1v) is 9.77. The van der Waals surface area contributed by atoms with Gasteiger partial charge in [0, 0.05) is 31.1 Å². The van der Waals surface area contributed by atoms with Crippen molar-refractivity contribution in [2.75, 3.05) is 19.3 Å². The third kappa shape index (κ3) is 3.84. The summed E-state index contributed by atoms with van der Waals surface area (Å²) < 4.78 is 30.8. The molecule has 23 heavy (non-hydrogen) atoms. The van der Waals surface area contributed by atoms with Gasteiger partial charge in [-0.05, 0) is 43.5 Å². The van der Waals surface area contributed by atoms with Gasteiger partial charge >= 0.3 is 0 Å². The zero-order chi connectivity index (χ0) is 16.6. The number of rotatable bonds is 3. The Labute approximate surface area is 136 Å². The van der Waals surface area contributed by atoms with Gasteiger partial charge in [-0.3, -0.25) is 4.79 Å². The number of ether oxygens (including phenoxy) is 1. The van der Waals surface area contributed by atoms with E-state index in [9.17, 15) is 13.2 Å². The predicted molar refractivity (Wildman–Crippen MR) is 87.1 cm³/mol. The topological polar surface area (TPSA) is 75.7 Å². The lowest BCUT2D eigenvalue weighted by atomic mass is 10.0. The molecule has 2 aliphatic heterocycles. The van der Waals surface area contributed by atoms with Crippen molar-refractivity contribution in [3.8, 4) is 5.75 Å². The van der Waals surface area contributed by atoms with Crippen LogP contribution in [0.15, 0.2) is 18.2 Å².